The summed E-state index contributed by atoms with van der Waals surface area (Å²) >= 11 is 0. The Labute approximate surface area is 113 Å². The summed E-state index contributed by atoms with van der Waals surface area (Å²) < 4.78 is 0. The Bertz CT molecular complexity index is 383. The molecule has 1 unspecified atom stereocenters. The van der Waals surface area contributed by atoms with Gasteiger partial charge in [-0.15, -0.1) is 0 Å². The van der Waals surface area contributed by atoms with Gasteiger partial charge in [0.1, 0.15) is 17.7 Å². The van der Waals surface area contributed by atoms with Crippen molar-refractivity contribution < 1.29 is 14.7 Å². The molecule has 6 heteroatoms. The van der Waals surface area contributed by atoms with Crippen LogP contribution in [-0.4, -0.2) is 29.6 Å². The molecule has 6 nitrogen and oxygen atoms in total. The minimum absolute atomic E-state index is 0.122. The molecule has 1 amide bonds. The van der Waals surface area contributed by atoms with E-state index in [1.807, 2.05) is 6.92 Å². The zero-order chi connectivity index (χ0) is 14.8. The summed E-state index contributed by atoms with van der Waals surface area (Å²) in [6, 6.07) is 0.755. The molecule has 0 bridgehead atoms. The molecular formula is C13H21N3O3. The fraction of sp³-hybridized carbons (Fsp3) is 0.615. The highest BCUT2D eigenvalue weighted by molar-refractivity contribution is 5.99. The number of carbonyl (C=O) groups excluding carboxylic acids is 1. The fourth-order valence-corrected chi connectivity index (χ4v) is 1.33. The molecule has 106 valence electrons. The molecule has 0 aliphatic heterocycles. The van der Waals surface area contributed by atoms with Crippen LogP contribution in [0, 0.1) is 17.2 Å². The van der Waals surface area contributed by atoms with Gasteiger partial charge in [-0.2, -0.15) is 5.26 Å². The van der Waals surface area contributed by atoms with Gasteiger partial charge < -0.3 is 15.7 Å². The average molecular weight is 267 g/mol. The minimum atomic E-state index is -1.11. The summed E-state index contributed by atoms with van der Waals surface area (Å²) in [4.78, 5) is 22.7. The van der Waals surface area contributed by atoms with E-state index in [1.54, 1.807) is 19.9 Å². The first kappa shape index (κ1) is 17.0. The van der Waals surface area contributed by atoms with Crippen LogP contribution < -0.4 is 10.6 Å². The van der Waals surface area contributed by atoms with E-state index in [0.717, 1.165) is 12.8 Å². The largest absolute Gasteiger partial charge is 0.480 e. The van der Waals surface area contributed by atoms with Crippen LogP contribution in [0.4, 0.5) is 0 Å². The van der Waals surface area contributed by atoms with Crippen LogP contribution in [0.15, 0.2) is 11.8 Å². The quantitative estimate of drug-likeness (QED) is 0.346. The lowest BCUT2D eigenvalue weighted by atomic mass is 10.0. The monoisotopic (exact) mass is 267 g/mol. The maximum absolute atomic E-state index is 11.8. The topological polar surface area (TPSA) is 102 Å². The van der Waals surface area contributed by atoms with Crippen molar-refractivity contribution >= 4 is 11.9 Å². The van der Waals surface area contributed by atoms with E-state index in [2.05, 4.69) is 10.6 Å². The maximum Gasteiger partial charge on any atom is 0.326 e. The van der Waals surface area contributed by atoms with Gasteiger partial charge in [-0.3, -0.25) is 4.79 Å². The van der Waals surface area contributed by atoms with Gasteiger partial charge in [0, 0.05) is 12.7 Å². The molecule has 0 heterocycles. The van der Waals surface area contributed by atoms with Crippen molar-refractivity contribution in [2.75, 3.05) is 6.54 Å². The summed E-state index contributed by atoms with van der Waals surface area (Å²) in [7, 11) is 0. The molecule has 0 rings (SSSR count). The van der Waals surface area contributed by atoms with E-state index < -0.39 is 17.9 Å². The Morgan fingerprint density at radius 3 is 2.47 bits per heavy atom. The summed E-state index contributed by atoms with van der Waals surface area (Å²) in [6.45, 7) is 6.08. The van der Waals surface area contributed by atoms with Crippen LogP contribution >= 0.6 is 0 Å². The Balaban J connectivity index is 4.59. The minimum Gasteiger partial charge on any atom is -0.480 e. The van der Waals surface area contributed by atoms with Gasteiger partial charge in [-0.25, -0.2) is 4.79 Å². The van der Waals surface area contributed by atoms with Gasteiger partial charge in [0.15, 0.2) is 0 Å². The van der Waals surface area contributed by atoms with Crippen LogP contribution in [0.25, 0.3) is 0 Å². The van der Waals surface area contributed by atoms with Gasteiger partial charge in [-0.05, 0) is 12.3 Å². The second-order valence-electron chi connectivity index (χ2n) is 4.51. The first-order valence-corrected chi connectivity index (χ1v) is 6.31. The number of amides is 1. The zero-order valence-electron chi connectivity index (χ0n) is 11.6. The molecule has 0 aromatic rings. The van der Waals surface area contributed by atoms with Crippen LogP contribution in [0.3, 0.4) is 0 Å². The van der Waals surface area contributed by atoms with Crippen LogP contribution in [0.2, 0.25) is 0 Å². The van der Waals surface area contributed by atoms with Gasteiger partial charge in [0.05, 0.1) is 0 Å². The Hall–Kier alpha value is -2.03. The maximum atomic E-state index is 11.8. The predicted molar refractivity (Wildman–Crippen MR) is 71.0 cm³/mol. The summed E-state index contributed by atoms with van der Waals surface area (Å²) in [5.41, 5.74) is -0.122. The number of aliphatic carboxylic acids is 1. The normalized spacial score (nSPS) is 12.7. The first-order valence-electron chi connectivity index (χ1n) is 6.31. The third-order valence-electron chi connectivity index (χ3n) is 2.51. The molecular weight excluding hydrogens is 246 g/mol. The number of nitrogens with zero attached hydrogens (tertiary/aromatic N) is 1. The van der Waals surface area contributed by atoms with Gasteiger partial charge >= 0.3 is 5.97 Å². The second kappa shape index (κ2) is 8.97. The third-order valence-corrected chi connectivity index (χ3v) is 2.51. The van der Waals surface area contributed by atoms with Gasteiger partial charge in [0.2, 0.25) is 0 Å². The lowest BCUT2D eigenvalue weighted by Gasteiger charge is -2.17. The Kier molecular flexibility index (Phi) is 8.02. The average Bonchev–Trinajstić information content (AvgIpc) is 2.35. The number of carbonyl (C=O) groups is 2. The van der Waals surface area contributed by atoms with E-state index in [9.17, 15) is 9.59 Å². The molecule has 0 saturated heterocycles. The van der Waals surface area contributed by atoms with Crippen molar-refractivity contribution in [3.8, 4) is 6.07 Å². The number of hydrogen-bond donors (Lipinski definition) is 3. The van der Waals surface area contributed by atoms with E-state index in [1.165, 1.54) is 6.20 Å². The van der Waals surface area contributed by atoms with E-state index in [-0.39, 0.29) is 11.5 Å². The number of rotatable bonds is 8. The van der Waals surface area contributed by atoms with Crippen molar-refractivity contribution in [3.05, 3.63) is 11.8 Å². The van der Waals surface area contributed by atoms with Crippen LogP contribution in [0.1, 0.15) is 33.6 Å². The van der Waals surface area contributed by atoms with Gasteiger partial charge in [-0.1, -0.05) is 27.2 Å². The van der Waals surface area contributed by atoms with Crippen molar-refractivity contribution in [1.29, 1.82) is 5.26 Å². The standard InChI is InChI=1S/C13H21N3O3/c1-4-5-6-15-8-10(7-14)12(17)16-11(9(2)3)13(18)19/h8-9,11,15H,4-6H2,1-3H3,(H,16,17)(H,18,19)/b10-8-. The van der Waals surface area contributed by atoms with Crippen molar-refractivity contribution in [3.63, 3.8) is 0 Å². The van der Waals surface area contributed by atoms with Crippen LogP contribution in [0.5, 0.6) is 0 Å². The zero-order valence-corrected chi connectivity index (χ0v) is 11.6. The number of carboxylic acid groups (broad SMARTS) is 1. The molecule has 0 radical (unpaired) electrons. The summed E-state index contributed by atoms with van der Waals surface area (Å²) in [5.74, 6) is -2.04. The number of hydrogen-bond acceptors (Lipinski definition) is 4. The molecule has 0 aliphatic rings. The summed E-state index contributed by atoms with van der Waals surface area (Å²) in [5, 5.41) is 23.0. The van der Waals surface area contributed by atoms with Crippen molar-refractivity contribution in [2.24, 2.45) is 5.92 Å². The highest BCUT2D eigenvalue weighted by Crippen LogP contribution is 2.03. The predicted octanol–water partition coefficient (Wildman–Crippen LogP) is 1.01. The van der Waals surface area contributed by atoms with E-state index >= 15 is 0 Å². The molecule has 19 heavy (non-hydrogen) atoms. The molecule has 1 atom stereocenters. The highest BCUT2D eigenvalue weighted by Gasteiger charge is 2.24. The molecule has 0 aromatic heterocycles. The molecule has 0 fully saturated rings. The van der Waals surface area contributed by atoms with Gasteiger partial charge in [0.25, 0.3) is 5.91 Å². The number of carboxylic acids is 1. The Morgan fingerprint density at radius 2 is 2.05 bits per heavy atom. The molecule has 0 aliphatic carbocycles. The van der Waals surface area contributed by atoms with Crippen LogP contribution in [-0.2, 0) is 9.59 Å². The van der Waals surface area contributed by atoms with E-state index in [4.69, 9.17) is 10.4 Å². The molecule has 0 spiro atoms. The third kappa shape index (κ3) is 6.46. The first-order chi connectivity index (χ1) is 8.93. The van der Waals surface area contributed by atoms with Crippen molar-refractivity contribution in [1.82, 2.24) is 10.6 Å². The smallest absolute Gasteiger partial charge is 0.326 e. The molecule has 0 aromatic carbocycles. The van der Waals surface area contributed by atoms with Crippen molar-refractivity contribution in [2.45, 2.75) is 39.7 Å². The molecule has 3 N–H and O–H groups in total. The Morgan fingerprint density at radius 1 is 1.42 bits per heavy atom. The second-order valence-corrected chi connectivity index (χ2v) is 4.51. The number of unbranched alkanes of at least 4 members (excludes halogenated alkanes) is 1. The lowest BCUT2D eigenvalue weighted by Crippen LogP contribution is -2.44. The number of nitriles is 1. The fourth-order valence-electron chi connectivity index (χ4n) is 1.33. The highest BCUT2D eigenvalue weighted by atomic mass is 16.4. The number of nitrogens with one attached hydrogen (secondary N) is 2. The summed E-state index contributed by atoms with van der Waals surface area (Å²) in [6.07, 6.45) is 3.26. The van der Waals surface area contributed by atoms with E-state index in [0.29, 0.717) is 6.54 Å². The lowest BCUT2D eigenvalue weighted by molar-refractivity contribution is -0.142. The SMILES string of the molecule is CCCCN/C=C(/C#N)C(=O)NC(C(=O)O)C(C)C. The molecule has 0 saturated carbocycles.